The van der Waals surface area contributed by atoms with E-state index in [0.29, 0.717) is 12.0 Å². The van der Waals surface area contributed by atoms with Crippen molar-refractivity contribution in [2.24, 2.45) is 0 Å². The number of aliphatic hydroxyl groups excluding tert-OH is 1. The van der Waals surface area contributed by atoms with Crippen molar-refractivity contribution in [2.45, 2.75) is 38.3 Å². The van der Waals surface area contributed by atoms with Crippen LogP contribution in [-0.4, -0.2) is 34.4 Å². The second-order valence-electron chi connectivity index (χ2n) is 7.70. The Kier molecular flexibility index (Phi) is 5.81. The highest BCUT2D eigenvalue weighted by Gasteiger charge is 2.34. The number of Topliss-reactive ketones (excluding diaryl/α,β-unsaturated/α-hetero) is 1. The Labute approximate surface area is 176 Å². The summed E-state index contributed by atoms with van der Waals surface area (Å²) in [6.45, 7) is 1.60. The van der Waals surface area contributed by atoms with Crippen LogP contribution in [0.15, 0.2) is 72.1 Å². The summed E-state index contributed by atoms with van der Waals surface area (Å²) in [5, 5.41) is 10.6. The number of nitrogens with zero attached hydrogens (tertiary/aromatic N) is 1. The fourth-order valence-corrected chi connectivity index (χ4v) is 4.13. The molecule has 0 bridgehead atoms. The standard InChI is InChI=1S/C25H25NO4/c1-17(27)26-14-13-19-9-5-6-10-20(19)22(26)15-23(28)21-16-30-24(25(21)29)12-11-18-7-3-2-4-8-18/h2-10,13-14,22,24,29H,11-12,15-16H2,1H3. The van der Waals surface area contributed by atoms with Crippen LogP contribution in [0.5, 0.6) is 0 Å². The van der Waals surface area contributed by atoms with Gasteiger partial charge in [0, 0.05) is 19.5 Å². The summed E-state index contributed by atoms with van der Waals surface area (Å²) in [5.74, 6) is -0.277. The second kappa shape index (κ2) is 8.67. The Morgan fingerprint density at radius 3 is 2.60 bits per heavy atom. The fourth-order valence-electron chi connectivity index (χ4n) is 4.13. The molecule has 5 heteroatoms. The molecular weight excluding hydrogens is 378 g/mol. The number of carbonyl (C=O) groups is 2. The maximum atomic E-state index is 13.1. The minimum absolute atomic E-state index is 0.0324. The van der Waals surface area contributed by atoms with Crippen LogP contribution in [0.2, 0.25) is 0 Å². The van der Waals surface area contributed by atoms with Gasteiger partial charge in [-0.1, -0.05) is 54.6 Å². The van der Waals surface area contributed by atoms with Crippen molar-refractivity contribution in [3.05, 3.63) is 88.8 Å². The average molecular weight is 403 g/mol. The molecule has 1 N–H and O–H groups in total. The lowest BCUT2D eigenvalue weighted by Crippen LogP contribution is -2.32. The predicted octanol–water partition coefficient (Wildman–Crippen LogP) is 4.36. The number of ketones is 1. The zero-order valence-electron chi connectivity index (χ0n) is 17.0. The minimum Gasteiger partial charge on any atom is -0.509 e. The van der Waals surface area contributed by atoms with Gasteiger partial charge in [-0.15, -0.1) is 0 Å². The Morgan fingerprint density at radius 1 is 1.10 bits per heavy atom. The van der Waals surface area contributed by atoms with Crippen LogP contribution in [0.1, 0.15) is 42.5 Å². The molecular formula is C25H25NO4. The topological polar surface area (TPSA) is 66.8 Å². The first-order valence-corrected chi connectivity index (χ1v) is 10.2. The van der Waals surface area contributed by atoms with Crippen LogP contribution < -0.4 is 0 Å². The van der Waals surface area contributed by atoms with Crippen molar-refractivity contribution in [1.82, 2.24) is 4.90 Å². The number of hydrogen-bond acceptors (Lipinski definition) is 4. The number of aliphatic hydroxyl groups is 1. The van der Waals surface area contributed by atoms with E-state index in [1.54, 1.807) is 11.1 Å². The molecule has 2 unspecified atom stereocenters. The molecule has 0 radical (unpaired) electrons. The number of amides is 1. The third-order valence-electron chi connectivity index (χ3n) is 5.77. The zero-order chi connectivity index (χ0) is 21.1. The average Bonchev–Trinajstić information content (AvgIpc) is 3.13. The van der Waals surface area contributed by atoms with Gasteiger partial charge in [-0.25, -0.2) is 0 Å². The summed E-state index contributed by atoms with van der Waals surface area (Å²) in [6, 6.07) is 17.3. The minimum atomic E-state index is -0.466. The van der Waals surface area contributed by atoms with Crippen molar-refractivity contribution in [1.29, 1.82) is 0 Å². The highest BCUT2D eigenvalue weighted by atomic mass is 16.5. The molecule has 2 aromatic rings. The van der Waals surface area contributed by atoms with E-state index in [9.17, 15) is 14.7 Å². The number of fused-ring (bicyclic) bond motifs is 1. The van der Waals surface area contributed by atoms with E-state index in [1.165, 1.54) is 6.92 Å². The van der Waals surface area contributed by atoms with Crippen LogP contribution in [0.3, 0.4) is 0 Å². The van der Waals surface area contributed by atoms with Crippen LogP contribution in [-0.2, 0) is 20.7 Å². The van der Waals surface area contributed by atoms with E-state index in [0.717, 1.165) is 23.1 Å². The summed E-state index contributed by atoms with van der Waals surface area (Å²) in [6.07, 6.45) is 4.62. The lowest BCUT2D eigenvalue weighted by molar-refractivity contribution is -0.129. The van der Waals surface area contributed by atoms with Crippen molar-refractivity contribution in [3.63, 3.8) is 0 Å². The number of ether oxygens (including phenoxy) is 1. The summed E-state index contributed by atoms with van der Waals surface area (Å²) < 4.78 is 5.71. The first kappa shape index (κ1) is 20.1. The smallest absolute Gasteiger partial charge is 0.223 e. The second-order valence-corrected chi connectivity index (χ2v) is 7.70. The number of aryl methyl sites for hydroxylation is 1. The van der Waals surface area contributed by atoms with Crippen molar-refractivity contribution < 1.29 is 19.4 Å². The highest BCUT2D eigenvalue weighted by molar-refractivity contribution is 5.97. The third-order valence-corrected chi connectivity index (χ3v) is 5.77. The van der Waals surface area contributed by atoms with Gasteiger partial charge in [-0.3, -0.25) is 9.59 Å². The molecule has 2 aliphatic heterocycles. The van der Waals surface area contributed by atoms with E-state index in [-0.39, 0.29) is 36.5 Å². The van der Waals surface area contributed by atoms with Crippen LogP contribution in [0.25, 0.3) is 6.08 Å². The summed E-state index contributed by atoms with van der Waals surface area (Å²) in [7, 11) is 0. The van der Waals surface area contributed by atoms with Gasteiger partial charge >= 0.3 is 0 Å². The van der Waals surface area contributed by atoms with Crippen molar-refractivity contribution in [3.8, 4) is 0 Å². The van der Waals surface area contributed by atoms with Gasteiger partial charge in [0.1, 0.15) is 11.9 Å². The molecule has 1 amide bonds. The van der Waals surface area contributed by atoms with E-state index in [2.05, 4.69) is 0 Å². The van der Waals surface area contributed by atoms with E-state index in [4.69, 9.17) is 4.74 Å². The Hall–Kier alpha value is -3.18. The molecule has 2 atom stereocenters. The third kappa shape index (κ3) is 4.07. The highest BCUT2D eigenvalue weighted by Crippen LogP contribution is 2.35. The van der Waals surface area contributed by atoms with Crippen LogP contribution in [0.4, 0.5) is 0 Å². The molecule has 0 spiro atoms. The molecule has 2 heterocycles. The van der Waals surface area contributed by atoms with Gasteiger partial charge < -0.3 is 14.7 Å². The van der Waals surface area contributed by atoms with E-state index >= 15 is 0 Å². The Balaban J connectivity index is 1.49. The van der Waals surface area contributed by atoms with E-state index in [1.807, 2.05) is 60.7 Å². The zero-order valence-corrected chi connectivity index (χ0v) is 17.0. The van der Waals surface area contributed by atoms with Gasteiger partial charge in [-0.05, 0) is 35.6 Å². The maximum Gasteiger partial charge on any atom is 0.223 e. The van der Waals surface area contributed by atoms with Gasteiger partial charge in [0.25, 0.3) is 0 Å². The summed E-state index contributed by atoms with van der Waals surface area (Å²) in [5.41, 5.74) is 3.41. The normalized spacial score (nSPS) is 20.4. The summed E-state index contributed by atoms with van der Waals surface area (Å²) >= 11 is 0. The maximum absolute atomic E-state index is 13.1. The molecule has 0 saturated carbocycles. The van der Waals surface area contributed by atoms with Gasteiger partial charge in [0.2, 0.25) is 5.91 Å². The molecule has 0 aliphatic carbocycles. The Bertz CT molecular complexity index is 1010. The van der Waals surface area contributed by atoms with Crippen molar-refractivity contribution >= 4 is 17.8 Å². The first-order valence-electron chi connectivity index (χ1n) is 10.2. The van der Waals surface area contributed by atoms with Gasteiger partial charge in [0.15, 0.2) is 5.78 Å². The van der Waals surface area contributed by atoms with Crippen LogP contribution >= 0.6 is 0 Å². The monoisotopic (exact) mass is 403 g/mol. The lowest BCUT2D eigenvalue weighted by Gasteiger charge is -2.32. The number of carbonyl (C=O) groups excluding carboxylic acids is 2. The SMILES string of the molecule is CC(=O)N1C=Cc2ccccc2C1CC(=O)C1=C(O)C(CCc2ccccc2)OC1. The van der Waals surface area contributed by atoms with Crippen LogP contribution in [0, 0.1) is 0 Å². The first-order chi connectivity index (χ1) is 14.5. The molecule has 0 saturated heterocycles. The molecule has 5 nitrogen and oxygen atoms in total. The molecule has 4 rings (SSSR count). The summed E-state index contributed by atoms with van der Waals surface area (Å²) in [4.78, 5) is 26.8. The molecule has 2 aliphatic rings. The quantitative estimate of drug-likeness (QED) is 0.778. The van der Waals surface area contributed by atoms with Gasteiger partial charge in [0.05, 0.1) is 18.2 Å². The molecule has 0 aromatic heterocycles. The predicted molar refractivity (Wildman–Crippen MR) is 115 cm³/mol. The number of benzene rings is 2. The molecule has 30 heavy (non-hydrogen) atoms. The number of hydrogen-bond donors (Lipinski definition) is 1. The van der Waals surface area contributed by atoms with E-state index < -0.39 is 6.10 Å². The molecule has 0 fully saturated rings. The number of rotatable bonds is 6. The molecule has 154 valence electrons. The van der Waals surface area contributed by atoms with Crippen molar-refractivity contribution in [2.75, 3.05) is 6.61 Å². The Morgan fingerprint density at radius 2 is 1.83 bits per heavy atom. The molecule has 2 aromatic carbocycles. The van der Waals surface area contributed by atoms with Gasteiger partial charge in [-0.2, -0.15) is 0 Å². The largest absolute Gasteiger partial charge is 0.509 e. The lowest BCUT2D eigenvalue weighted by atomic mass is 9.90. The fraction of sp³-hybridized carbons (Fsp3) is 0.280.